The van der Waals surface area contributed by atoms with Crippen LogP contribution in [0, 0.1) is 12.8 Å². The van der Waals surface area contributed by atoms with Gasteiger partial charge in [0.1, 0.15) is 17.6 Å². The summed E-state index contributed by atoms with van der Waals surface area (Å²) in [5.41, 5.74) is 2.15. The second kappa shape index (κ2) is 12.0. The van der Waals surface area contributed by atoms with Gasteiger partial charge in [-0.25, -0.2) is 4.98 Å². The average molecular weight is 492 g/mol. The molecule has 0 saturated heterocycles. The van der Waals surface area contributed by atoms with Crippen LogP contribution in [0.1, 0.15) is 72.3 Å². The number of nitrogens with zero attached hydrogens (tertiary/aromatic N) is 1. The number of carboxylic acids is 1. The van der Waals surface area contributed by atoms with Crippen molar-refractivity contribution in [1.29, 1.82) is 0 Å². The van der Waals surface area contributed by atoms with E-state index in [2.05, 4.69) is 18.8 Å². The number of thiazole rings is 1. The van der Waals surface area contributed by atoms with Gasteiger partial charge >= 0.3 is 5.97 Å². The molecule has 8 heteroatoms. The highest BCUT2D eigenvalue weighted by atomic mass is 32.1. The summed E-state index contributed by atoms with van der Waals surface area (Å²) < 4.78 is 17.4. The molecule has 1 aliphatic rings. The third-order valence-electron chi connectivity index (χ3n) is 6.25. The second-order valence-electron chi connectivity index (χ2n) is 9.43. The third-order valence-corrected chi connectivity index (χ3v) is 7.39. The Bertz CT molecular complexity index is 941. The number of carboxylic acid groups (broad SMARTS) is 1. The van der Waals surface area contributed by atoms with E-state index in [0.717, 1.165) is 47.6 Å². The van der Waals surface area contributed by atoms with E-state index in [-0.39, 0.29) is 12.5 Å². The molecule has 0 amide bonds. The number of benzene rings is 1. The molecule has 1 heterocycles. The van der Waals surface area contributed by atoms with E-state index in [4.69, 9.17) is 14.2 Å². The lowest BCUT2D eigenvalue weighted by atomic mass is 9.99. The van der Waals surface area contributed by atoms with E-state index in [1.165, 1.54) is 11.3 Å². The normalized spacial score (nSPS) is 16.1. The third kappa shape index (κ3) is 6.71. The molecule has 3 rings (SSSR count). The molecule has 34 heavy (non-hydrogen) atoms. The van der Waals surface area contributed by atoms with Crippen LogP contribution in [0.15, 0.2) is 12.1 Å². The summed E-state index contributed by atoms with van der Waals surface area (Å²) in [5, 5.41) is 21.6. The van der Waals surface area contributed by atoms with Gasteiger partial charge in [0.05, 0.1) is 43.5 Å². The van der Waals surface area contributed by atoms with Crippen molar-refractivity contribution in [2.45, 2.75) is 84.0 Å². The summed E-state index contributed by atoms with van der Waals surface area (Å²) in [6.45, 7) is 6.13. The first-order chi connectivity index (χ1) is 16.2. The Morgan fingerprint density at radius 1 is 1.15 bits per heavy atom. The van der Waals surface area contributed by atoms with Crippen molar-refractivity contribution in [2.75, 3.05) is 14.2 Å². The summed E-state index contributed by atoms with van der Waals surface area (Å²) in [6, 6.07) is 3.66. The zero-order valence-electron chi connectivity index (χ0n) is 20.8. The van der Waals surface area contributed by atoms with Crippen LogP contribution in [0.25, 0.3) is 0 Å². The van der Waals surface area contributed by atoms with Crippen LogP contribution in [0.5, 0.6) is 11.5 Å². The molecular weight excluding hydrogens is 454 g/mol. The Hall–Kier alpha value is -2.16. The summed E-state index contributed by atoms with van der Waals surface area (Å²) in [7, 11) is 3.19. The van der Waals surface area contributed by atoms with Crippen molar-refractivity contribution in [3.63, 3.8) is 0 Å². The largest absolute Gasteiger partial charge is 0.496 e. The molecule has 188 valence electrons. The summed E-state index contributed by atoms with van der Waals surface area (Å²) >= 11 is 1.53. The standard InChI is InChI=1S/C26H37NO6S/c1-15(2)10-23-19(13-25(28)29)27-24(34-23)14-22(33-18-8-6-7-9-18)26(30)17-11-20(31-4)16(3)21(12-17)32-5/h11-12,15,18,22,26,30H,6-10,13-14H2,1-5H3,(H,28,29)/t22-,26+/m0/s1. The Labute approximate surface area is 206 Å². The highest BCUT2D eigenvalue weighted by molar-refractivity contribution is 7.11. The maximum atomic E-state index is 11.4. The molecule has 1 aliphatic carbocycles. The zero-order valence-corrected chi connectivity index (χ0v) is 21.6. The molecule has 2 atom stereocenters. The number of carbonyl (C=O) groups is 1. The Morgan fingerprint density at radius 2 is 1.76 bits per heavy atom. The number of rotatable bonds is 12. The van der Waals surface area contributed by atoms with Crippen molar-refractivity contribution in [1.82, 2.24) is 4.98 Å². The molecule has 2 N–H and O–H groups in total. The van der Waals surface area contributed by atoms with Crippen molar-refractivity contribution >= 4 is 17.3 Å². The van der Waals surface area contributed by atoms with Crippen molar-refractivity contribution < 1.29 is 29.2 Å². The van der Waals surface area contributed by atoms with Gasteiger partial charge in [-0.05, 0) is 49.8 Å². The topological polar surface area (TPSA) is 98.1 Å². The maximum absolute atomic E-state index is 11.4. The van der Waals surface area contributed by atoms with Crippen LogP contribution in [0.3, 0.4) is 0 Å². The van der Waals surface area contributed by atoms with Crippen molar-refractivity contribution in [3.05, 3.63) is 38.8 Å². The van der Waals surface area contributed by atoms with Gasteiger partial charge in [-0.3, -0.25) is 4.79 Å². The van der Waals surface area contributed by atoms with Gasteiger partial charge in [0.25, 0.3) is 0 Å². The lowest BCUT2D eigenvalue weighted by Gasteiger charge is -2.27. The van der Waals surface area contributed by atoms with Gasteiger partial charge in [-0.15, -0.1) is 11.3 Å². The van der Waals surface area contributed by atoms with Gasteiger partial charge < -0.3 is 24.4 Å². The molecule has 1 aromatic carbocycles. The van der Waals surface area contributed by atoms with Crippen LogP contribution >= 0.6 is 11.3 Å². The van der Waals surface area contributed by atoms with Crippen molar-refractivity contribution in [2.24, 2.45) is 5.92 Å². The summed E-state index contributed by atoms with van der Waals surface area (Å²) in [5.74, 6) is 0.791. The first kappa shape index (κ1) is 26.4. The number of aliphatic carboxylic acids is 1. The van der Waals surface area contributed by atoms with Crippen LogP contribution in [0.2, 0.25) is 0 Å². The monoisotopic (exact) mass is 491 g/mol. The number of ether oxygens (including phenoxy) is 3. The molecule has 1 fully saturated rings. The number of hydrogen-bond acceptors (Lipinski definition) is 7. The van der Waals surface area contributed by atoms with E-state index >= 15 is 0 Å². The highest BCUT2D eigenvalue weighted by Crippen LogP contribution is 2.36. The Morgan fingerprint density at radius 3 is 2.29 bits per heavy atom. The van der Waals surface area contributed by atoms with Gasteiger partial charge in [0.15, 0.2) is 0 Å². The van der Waals surface area contributed by atoms with E-state index < -0.39 is 18.2 Å². The zero-order chi connectivity index (χ0) is 24.8. The predicted octanol–water partition coefficient (Wildman–Crippen LogP) is 4.90. The van der Waals surface area contributed by atoms with Gasteiger partial charge in [0, 0.05) is 16.9 Å². The molecule has 0 aliphatic heterocycles. The van der Waals surface area contributed by atoms with Crippen LogP contribution in [-0.4, -0.2) is 47.6 Å². The Balaban J connectivity index is 1.92. The summed E-state index contributed by atoms with van der Waals surface area (Å²) in [6.07, 6.45) is 3.96. The minimum atomic E-state index is -0.913. The van der Waals surface area contributed by atoms with Crippen LogP contribution < -0.4 is 9.47 Å². The second-order valence-corrected chi connectivity index (χ2v) is 10.6. The van der Waals surface area contributed by atoms with Gasteiger partial charge in [-0.2, -0.15) is 0 Å². The smallest absolute Gasteiger partial charge is 0.309 e. The lowest BCUT2D eigenvalue weighted by molar-refractivity contribution is -0.136. The quantitative estimate of drug-likeness (QED) is 0.436. The first-order valence-corrected chi connectivity index (χ1v) is 12.8. The van der Waals surface area contributed by atoms with Gasteiger partial charge in [-0.1, -0.05) is 26.7 Å². The molecule has 1 saturated carbocycles. The van der Waals surface area contributed by atoms with E-state index in [1.54, 1.807) is 14.2 Å². The number of hydrogen-bond donors (Lipinski definition) is 2. The molecule has 7 nitrogen and oxygen atoms in total. The maximum Gasteiger partial charge on any atom is 0.309 e. The summed E-state index contributed by atoms with van der Waals surface area (Å²) in [4.78, 5) is 17.1. The van der Waals surface area contributed by atoms with E-state index in [9.17, 15) is 15.0 Å². The molecular formula is C26H37NO6S. The van der Waals surface area contributed by atoms with Gasteiger partial charge in [0.2, 0.25) is 0 Å². The predicted molar refractivity (Wildman–Crippen MR) is 132 cm³/mol. The highest BCUT2D eigenvalue weighted by Gasteiger charge is 2.30. The molecule has 0 spiro atoms. The fourth-order valence-corrected chi connectivity index (χ4v) is 5.85. The minimum absolute atomic E-state index is 0.0956. The fraction of sp³-hybridized carbons (Fsp3) is 0.615. The molecule has 0 radical (unpaired) electrons. The van der Waals surface area contributed by atoms with Crippen molar-refractivity contribution in [3.8, 4) is 11.5 Å². The Kier molecular flexibility index (Phi) is 9.33. The fourth-order valence-electron chi connectivity index (χ4n) is 4.51. The number of methoxy groups -OCH3 is 2. The lowest BCUT2D eigenvalue weighted by Crippen LogP contribution is -2.29. The number of aliphatic hydroxyl groups excluding tert-OH is 1. The first-order valence-electron chi connectivity index (χ1n) is 12.0. The number of aliphatic hydroxyl groups is 1. The van der Waals surface area contributed by atoms with E-state index in [1.807, 2.05) is 19.1 Å². The molecule has 1 aromatic heterocycles. The number of aromatic nitrogens is 1. The molecule has 0 bridgehead atoms. The minimum Gasteiger partial charge on any atom is -0.496 e. The SMILES string of the molecule is COc1cc([C@@H](O)[C@H](Cc2nc(CC(=O)O)c(CC(C)C)s2)OC2CCCC2)cc(OC)c1C. The molecule has 0 unspecified atom stereocenters. The average Bonchev–Trinajstić information content (AvgIpc) is 3.42. The van der Waals surface area contributed by atoms with Crippen LogP contribution in [0.4, 0.5) is 0 Å². The van der Waals surface area contributed by atoms with E-state index in [0.29, 0.717) is 35.1 Å². The molecule has 2 aromatic rings. The van der Waals surface area contributed by atoms with Crippen LogP contribution in [-0.2, 0) is 28.8 Å².